The highest BCUT2D eigenvalue weighted by atomic mass is 16.5. The highest BCUT2D eigenvalue weighted by Crippen LogP contribution is 2.12. The molecule has 0 aliphatic carbocycles. The molecule has 0 bridgehead atoms. The number of tetrazole rings is 1. The minimum absolute atomic E-state index is 0.0936. The fraction of sp³-hybridized carbons (Fsp3) is 0.545. The lowest BCUT2D eigenvalue weighted by Gasteiger charge is -2.22. The van der Waals surface area contributed by atoms with E-state index in [1.165, 1.54) is 17.2 Å². The van der Waals surface area contributed by atoms with Gasteiger partial charge in [-0.05, 0) is 29.7 Å². The van der Waals surface area contributed by atoms with Gasteiger partial charge in [-0.15, -0.1) is 5.10 Å². The molecule has 1 amide bonds. The average molecular weight is 277 g/mol. The number of H-pyrrole nitrogens is 1. The van der Waals surface area contributed by atoms with Gasteiger partial charge in [0, 0.05) is 13.2 Å². The molecule has 1 fully saturated rings. The predicted molar refractivity (Wildman–Crippen MR) is 67.2 cm³/mol. The number of hydrogen-bond donors (Lipinski definition) is 2. The van der Waals surface area contributed by atoms with Crippen LogP contribution >= 0.6 is 0 Å². The van der Waals surface area contributed by atoms with E-state index >= 15 is 0 Å². The Balaban J connectivity index is 1.64. The summed E-state index contributed by atoms with van der Waals surface area (Å²) >= 11 is 0. The SMILES string of the molecule is O=C(NC[C@H]1CCCCO1)c1cn[nH]c1-n1cnnn1. The zero-order valence-corrected chi connectivity index (χ0v) is 10.8. The number of amides is 1. The minimum Gasteiger partial charge on any atom is -0.376 e. The number of aromatic amines is 1. The first kappa shape index (κ1) is 12.7. The maximum Gasteiger partial charge on any atom is 0.256 e. The van der Waals surface area contributed by atoms with E-state index in [0.29, 0.717) is 17.9 Å². The molecule has 1 aliphatic rings. The minimum atomic E-state index is -0.224. The molecule has 2 N–H and O–H groups in total. The molecule has 3 rings (SSSR count). The average Bonchev–Trinajstić information content (AvgIpc) is 3.15. The van der Waals surface area contributed by atoms with Gasteiger partial charge in [0.1, 0.15) is 11.9 Å². The smallest absolute Gasteiger partial charge is 0.256 e. The van der Waals surface area contributed by atoms with Gasteiger partial charge in [-0.3, -0.25) is 9.89 Å². The number of nitrogens with one attached hydrogen (secondary N) is 2. The first-order valence-electron chi connectivity index (χ1n) is 6.51. The van der Waals surface area contributed by atoms with Gasteiger partial charge in [0.05, 0.1) is 12.3 Å². The second-order valence-electron chi connectivity index (χ2n) is 4.59. The lowest BCUT2D eigenvalue weighted by molar-refractivity contribution is 0.0169. The molecule has 0 aromatic carbocycles. The van der Waals surface area contributed by atoms with Crippen LogP contribution in [-0.2, 0) is 4.74 Å². The highest BCUT2D eigenvalue weighted by Gasteiger charge is 2.19. The number of ether oxygens (including phenoxy) is 1. The second kappa shape index (κ2) is 5.78. The molecule has 106 valence electrons. The van der Waals surface area contributed by atoms with Crippen molar-refractivity contribution >= 4 is 5.91 Å². The summed E-state index contributed by atoms with van der Waals surface area (Å²) < 4.78 is 6.93. The van der Waals surface area contributed by atoms with Crippen LogP contribution in [0.25, 0.3) is 5.82 Å². The Morgan fingerprint density at radius 3 is 3.25 bits per heavy atom. The van der Waals surface area contributed by atoms with Crippen molar-refractivity contribution < 1.29 is 9.53 Å². The van der Waals surface area contributed by atoms with Crippen molar-refractivity contribution in [1.82, 2.24) is 35.7 Å². The third-order valence-corrected chi connectivity index (χ3v) is 3.21. The summed E-state index contributed by atoms with van der Waals surface area (Å²) in [5.74, 6) is 0.218. The molecular weight excluding hydrogens is 262 g/mol. The van der Waals surface area contributed by atoms with Crippen molar-refractivity contribution in [2.45, 2.75) is 25.4 Å². The Labute approximate surface area is 114 Å². The maximum absolute atomic E-state index is 12.2. The molecule has 9 heteroatoms. The van der Waals surface area contributed by atoms with Crippen molar-refractivity contribution in [3.63, 3.8) is 0 Å². The third-order valence-electron chi connectivity index (χ3n) is 3.21. The van der Waals surface area contributed by atoms with Crippen LogP contribution in [-0.4, -0.2) is 55.6 Å². The standard InChI is InChI=1S/C11H15N7O2/c19-11(12-5-8-3-1-2-4-20-8)9-6-13-15-10(9)18-7-14-16-17-18/h6-8H,1-5H2,(H,12,19)(H,13,15)/t8-/m1/s1. The zero-order valence-electron chi connectivity index (χ0n) is 10.8. The zero-order chi connectivity index (χ0) is 13.8. The molecule has 1 aliphatic heterocycles. The van der Waals surface area contributed by atoms with Crippen LogP contribution in [0.1, 0.15) is 29.6 Å². The normalized spacial score (nSPS) is 18.9. The Kier molecular flexibility index (Phi) is 3.68. The first-order valence-corrected chi connectivity index (χ1v) is 6.51. The summed E-state index contributed by atoms with van der Waals surface area (Å²) in [6, 6.07) is 0. The van der Waals surface area contributed by atoms with E-state index in [1.807, 2.05) is 0 Å². The number of aromatic nitrogens is 6. The van der Waals surface area contributed by atoms with Crippen LogP contribution in [0.4, 0.5) is 0 Å². The van der Waals surface area contributed by atoms with E-state index in [1.54, 1.807) is 0 Å². The van der Waals surface area contributed by atoms with E-state index in [2.05, 4.69) is 31.0 Å². The number of carbonyl (C=O) groups excluding carboxylic acids is 1. The predicted octanol–water partition coefficient (Wildman–Crippen LogP) is -0.316. The molecule has 2 aromatic rings. The largest absolute Gasteiger partial charge is 0.376 e. The Bertz CT molecular complexity index is 559. The molecule has 20 heavy (non-hydrogen) atoms. The van der Waals surface area contributed by atoms with Crippen LogP contribution in [0.15, 0.2) is 12.5 Å². The fourth-order valence-corrected chi connectivity index (χ4v) is 2.15. The van der Waals surface area contributed by atoms with Crippen LogP contribution < -0.4 is 5.32 Å². The number of hydrogen-bond acceptors (Lipinski definition) is 6. The summed E-state index contributed by atoms with van der Waals surface area (Å²) in [7, 11) is 0. The van der Waals surface area contributed by atoms with Gasteiger partial charge in [-0.2, -0.15) is 9.78 Å². The maximum atomic E-state index is 12.2. The van der Waals surface area contributed by atoms with Crippen LogP contribution in [0, 0.1) is 0 Å². The van der Waals surface area contributed by atoms with Crippen molar-refractivity contribution in [3.05, 3.63) is 18.1 Å². The number of carbonyl (C=O) groups is 1. The van der Waals surface area contributed by atoms with Crippen LogP contribution in [0.5, 0.6) is 0 Å². The molecule has 1 atom stereocenters. The summed E-state index contributed by atoms with van der Waals surface area (Å²) in [5.41, 5.74) is 0.396. The Morgan fingerprint density at radius 1 is 1.55 bits per heavy atom. The highest BCUT2D eigenvalue weighted by molar-refractivity contribution is 5.96. The molecule has 0 saturated carbocycles. The van der Waals surface area contributed by atoms with Gasteiger partial charge in [0.15, 0.2) is 5.82 Å². The summed E-state index contributed by atoms with van der Waals surface area (Å²) in [5, 5.41) is 20.2. The first-order chi connectivity index (χ1) is 9.84. The molecule has 0 unspecified atom stereocenters. The van der Waals surface area contributed by atoms with Gasteiger partial charge in [0.25, 0.3) is 5.91 Å². The summed E-state index contributed by atoms with van der Waals surface area (Å²) in [6.45, 7) is 1.27. The van der Waals surface area contributed by atoms with Gasteiger partial charge in [-0.25, -0.2) is 0 Å². The van der Waals surface area contributed by atoms with Gasteiger partial charge in [0.2, 0.25) is 0 Å². The topological polar surface area (TPSA) is 111 Å². The van der Waals surface area contributed by atoms with Crippen molar-refractivity contribution in [2.24, 2.45) is 0 Å². The van der Waals surface area contributed by atoms with E-state index < -0.39 is 0 Å². The fourth-order valence-electron chi connectivity index (χ4n) is 2.15. The molecule has 1 saturated heterocycles. The van der Waals surface area contributed by atoms with Crippen molar-refractivity contribution in [3.8, 4) is 5.82 Å². The Morgan fingerprint density at radius 2 is 2.50 bits per heavy atom. The van der Waals surface area contributed by atoms with E-state index in [-0.39, 0.29) is 12.0 Å². The van der Waals surface area contributed by atoms with Crippen molar-refractivity contribution in [1.29, 1.82) is 0 Å². The number of nitrogens with zero attached hydrogens (tertiary/aromatic N) is 5. The molecule has 0 spiro atoms. The van der Waals surface area contributed by atoms with Gasteiger partial charge >= 0.3 is 0 Å². The van der Waals surface area contributed by atoms with Crippen LogP contribution in [0.2, 0.25) is 0 Å². The molecule has 0 radical (unpaired) electrons. The van der Waals surface area contributed by atoms with E-state index in [9.17, 15) is 4.79 Å². The van der Waals surface area contributed by atoms with Crippen molar-refractivity contribution in [2.75, 3.05) is 13.2 Å². The van der Waals surface area contributed by atoms with Gasteiger partial charge in [-0.1, -0.05) is 0 Å². The monoisotopic (exact) mass is 277 g/mol. The van der Waals surface area contributed by atoms with E-state index in [4.69, 9.17) is 4.74 Å². The number of rotatable bonds is 4. The molecule has 2 aromatic heterocycles. The van der Waals surface area contributed by atoms with E-state index in [0.717, 1.165) is 25.9 Å². The second-order valence-corrected chi connectivity index (χ2v) is 4.59. The molecular formula is C11H15N7O2. The third kappa shape index (κ3) is 2.67. The molecule has 9 nitrogen and oxygen atoms in total. The quantitative estimate of drug-likeness (QED) is 0.792. The van der Waals surface area contributed by atoms with Crippen LogP contribution in [0.3, 0.4) is 0 Å². The lowest BCUT2D eigenvalue weighted by atomic mass is 10.1. The Hall–Kier alpha value is -2.29. The summed E-state index contributed by atoms with van der Waals surface area (Å²) in [6.07, 6.45) is 6.15. The molecule has 3 heterocycles. The van der Waals surface area contributed by atoms with Gasteiger partial charge < -0.3 is 10.1 Å². The summed E-state index contributed by atoms with van der Waals surface area (Å²) in [4.78, 5) is 12.2. The lowest BCUT2D eigenvalue weighted by Crippen LogP contribution is -2.35.